The summed E-state index contributed by atoms with van der Waals surface area (Å²) in [6.45, 7) is 1.76. The highest BCUT2D eigenvalue weighted by molar-refractivity contribution is 5.82. The number of benzene rings is 1. The van der Waals surface area contributed by atoms with Crippen molar-refractivity contribution in [3.8, 4) is 24.2 Å². The topological polar surface area (TPSA) is 108 Å². The van der Waals surface area contributed by atoms with Gasteiger partial charge in [-0.1, -0.05) is 42.2 Å². The largest absolute Gasteiger partial charge is 0.441 e. The number of terminal acetylenes is 1. The van der Waals surface area contributed by atoms with Crippen molar-refractivity contribution < 1.29 is 14.6 Å². The Morgan fingerprint density at radius 1 is 1.21 bits per heavy atom. The molecule has 3 aromatic rings. The van der Waals surface area contributed by atoms with E-state index in [1.807, 2.05) is 30.3 Å². The van der Waals surface area contributed by atoms with Crippen molar-refractivity contribution >= 4 is 23.1 Å². The molecule has 1 aromatic carbocycles. The molecule has 2 N–H and O–H groups in total. The van der Waals surface area contributed by atoms with E-state index < -0.39 is 6.09 Å². The number of anilines is 1. The highest BCUT2D eigenvalue weighted by Crippen LogP contribution is 2.21. The summed E-state index contributed by atoms with van der Waals surface area (Å²) >= 11 is 0. The Morgan fingerprint density at radius 2 is 2.00 bits per heavy atom. The number of carbonyl (C=O) groups is 1. The first-order valence-electron chi connectivity index (χ1n) is 10.7. The zero-order valence-corrected chi connectivity index (χ0v) is 18.1. The number of nitrogen functional groups attached to an aromatic ring is 1. The van der Waals surface area contributed by atoms with Gasteiger partial charge in [-0.05, 0) is 30.2 Å². The number of aromatic nitrogens is 4. The van der Waals surface area contributed by atoms with Crippen molar-refractivity contribution in [2.24, 2.45) is 5.92 Å². The molecule has 4 rings (SSSR count). The first kappa shape index (κ1) is 22.1. The average molecular weight is 444 g/mol. The fraction of sp³-hybridized carbons (Fsp3) is 0.333. The molecule has 9 nitrogen and oxygen atoms in total. The molecule has 1 aliphatic heterocycles. The van der Waals surface area contributed by atoms with Crippen LogP contribution in [0.15, 0.2) is 36.7 Å². The van der Waals surface area contributed by atoms with Gasteiger partial charge in [0.15, 0.2) is 11.5 Å². The fourth-order valence-corrected chi connectivity index (χ4v) is 3.60. The van der Waals surface area contributed by atoms with Crippen molar-refractivity contribution in [1.82, 2.24) is 24.4 Å². The van der Waals surface area contributed by atoms with E-state index in [1.54, 1.807) is 15.8 Å². The molecule has 0 saturated carbocycles. The number of imidazole rings is 1. The summed E-state index contributed by atoms with van der Waals surface area (Å²) in [4.78, 5) is 36.7. The number of carbonyl (C=O) groups excluding carboxylic acids is 1. The lowest BCUT2D eigenvalue weighted by atomic mass is 9.94. The van der Waals surface area contributed by atoms with E-state index in [0.717, 1.165) is 18.4 Å². The summed E-state index contributed by atoms with van der Waals surface area (Å²) in [5.41, 5.74) is 8.02. The molecule has 0 radical (unpaired) electrons. The fourth-order valence-electron chi connectivity index (χ4n) is 3.60. The SMILES string of the molecule is C#CCn1cnc2c(N)nc(C#CCC3CCN(C(=O)OOCc4ccccc4)CC3)nc21. The summed E-state index contributed by atoms with van der Waals surface area (Å²) in [5, 5.41) is 0. The smallest absolute Gasteiger partial charge is 0.382 e. The van der Waals surface area contributed by atoms with E-state index >= 15 is 0 Å². The molecular weight excluding hydrogens is 420 g/mol. The van der Waals surface area contributed by atoms with Crippen LogP contribution in [0.3, 0.4) is 0 Å². The van der Waals surface area contributed by atoms with Crippen molar-refractivity contribution in [2.75, 3.05) is 18.8 Å². The average Bonchev–Trinajstić information content (AvgIpc) is 3.24. The van der Waals surface area contributed by atoms with Crippen LogP contribution in [0.1, 0.15) is 30.7 Å². The third kappa shape index (κ3) is 5.59. The van der Waals surface area contributed by atoms with E-state index in [4.69, 9.17) is 21.9 Å². The predicted molar refractivity (Wildman–Crippen MR) is 122 cm³/mol. The van der Waals surface area contributed by atoms with Crippen LogP contribution in [0, 0.1) is 30.1 Å². The molecule has 168 valence electrons. The number of hydrogen-bond donors (Lipinski definition) is 1. The summed E-state index contributed by atoms with van der Waals surface area (Å²) in [6, 6.07) is 9.54. The molecule has 0 atom stereocenters. The molecule has 33 heavy (non-hydrogen) atoms. The lowest BCUT2D eigenvalue weighted by molar-refractivity contribution is -0.256. The van der Waals surface area contributed by atoms with Crippen molar-refractivity contribution in [2.45, 2.75) is 32.4 Å². The Morgan fingerprint density at radius 3 is 2.76 bits per heavy atom. The minimum Gasteiger partial charge on any atom is -0.382 e. The molecule has 1 amide bonds. The number of rotatable bonds is 5. The molecule has 0 spiro atoms. The molecule has 3 heterocycles. The number of fused-ring (bicyclic) bond motifs is 1. The minimum atomic E-state index is -0.462. The highest BCUT2D eigenvalue weighted by atomic mass is 17.2. The second kappa shape index (κ2) is 10.5. The van der Waals surface area contributed by atoms with Crippen LogP contribution in [-0.2, 0) is 22.9 Å². The standard InChI is InChI=1S/C24H24N6O3/c1-2-13-30-17-26-21-22(25)27-20(28-23(21)30)10-6-9-18-11-14-29(15-12-18)24(31)33-32-16-19-7-4-3-5-8-19/h1,3-5,7-8,17-18H,9,11-16H2,(H2,25,27,28). The second-order valence-corrected chi connectivity index (χ2v) is 7.71. The van der Waals surface area contributed by atoms with Crippen molar-refractivity contribution in [3.63, 3.8) is 0 Å². The summed E-state index contributed by atoms with van der Waals surface area (Å²) in [5.74, 6) is 9.69. The molecule has 2 aromatic heterocycles. The number of nitrogens with zero attached hydrogens (tertiary/aromatic N) is 5. The van der Waals surface area contributed by atoms with Gasteiger partial charge < -0.3 is 15.2 Å². The van der Waals surface area contributed by atoms with Gasteiger partial charge in [0.05, 0.1) is 12.9 Å². The summed E-state index contributed by atoms with van der Waals surface area (Å²) in [7, 11) is 0. The van der Waals surface area contributed by atoms with Crippen LogP contribution in [0.2, 0.25) is 0 Å². The predicted octanol–water partition coefficient (Wildman–Crippen LogP) is 2.76. The Hall–Kier alpha value is -4.08. The van der Waals surface area contributed by atoms with Crippen LogP contribution in [-0.4, -0.2) is 43.6 Å². The first-order valence-corrected chi connectivity index (χ1v) is 10.7. The van der Waals surface area contributed by atoms with Gasteiger partial charge in [-0.3, -0.25) is 4.89 Å². The van der Waals surface area contributed by atoms with Crippen LogP contribution >= 0.6 is 0 Å². The molecular formula is C24H24N6O3. The minimum absolute atomic E-state index is 0.223. The van der Waals surface area contributed by atoms with Crippen molar-refractivity contribution in [1.29, 1.82) is 0 Å². The maximum absolute atomic E-state index is 12.2. The van der Waals surface area contributed by atoms with Gasteiger partial charge >= 0.3 is 6.09 Å². The Bertz CT molecular complexity index is 1210. The van der Waals surface area contributed by atoms with E-state index in [0.29, 0.717) is 49.0 Å². The maximum Gasteiger partial charge on any atom is 0.441 e. The number of hydrogen-bond acceptors (Lipinski definition) is 7. The lowest BCUT2D eigenvalue weighted by Gasteiger charge is -2.29. The van der Waals surface area contributed by atoms with Crippen molar-refractivity contribution in [3.05, 3.63) is 48.0 Å². The second-order valence-electron chi connectivity index (χ2n) is 7.71. The maximum atomic E-state index is 12.2. The number of likely N-dealkylation sites (tertiary alicyclic amines) is 1. The van der Waals surface area contributed by atoms with Gasteiger partial charge in [0, 0.05) is 19.5 Å². The van der Waals surface area contributed by atoms with Gasteiger partial charge in [0.25, 0.3) is 0 Å². The molecule has 1 saturated heterocycles. The van der Waals surface area contributed by atoms with E-state index in [-0.39, 0.29) is 12.4 Å². The van der Waals surface area contributed by atoms with Gasteiger partial charge in [-0.2, -0.15) is 4.89 Å². The Labute approximate surface area is 191 Å². The van der Waals surface area contributed by atoms with E-state index in [2.05, 4.69) is 32.7 Å². The number of amides is 1. The summed E-state index contributed by atoms with van der Waals surface area (Å²) < 4.78 is 1.73. The molecule has 0 unspecified atom stereocenters. The quantitative estimate of drug-likeness (QED) is 0.366. The normalized spacial score (nSPS) is 13.8. The van der Waals surface area contributed by atoms with Gasteiger partial charge in [0.2, 0.25) is 5.82 Å². The monoisotopic (exact) mass is 444 g/mol. The Balaban J connectivity index is 1.25. The van der Waals surface area contributed by atoms with Crippen LogP contribution < -0.4 is 5.73 Å². The molecule has 0 aliphatic carbocycles. The zero-order valence-electron chi connectivity index (χ0n) is 18.1. The third-order valence-corrected chi connectivity index (χ3v) is 5.41. The van der Waals surface area contributed by atoms with Gasteiger partial charge in [-0.15, -0.1) is 6.42 Å². The van der Waals surface area contributed by atoms with Crippen LogP contribution in [0.5, 0.6) is 0 Å². The number of piperidine rings is 1. The molecule has 1 aliphatic rings. The zero-order chi connectivity index (χ0) is 23.0. The van der Waals surface area contributed by atoms with Gasteiger partial charge in [-0.25, -0.2) is 19.7 Å². The van der Waals surface area contributed by atoms with E-state index in [1.165, 1.54) is 0 Å². The van der Waals surface area contributed by atoms with Crippen LogP contribution in [0.25, 0.3) is 11.2 Å². The molecule has 9 heteroatoms. The third-order valence-electron chi connectivity index (χ3n) is 5.41. The Kier molecular flexibility index (Phi) is 7.03. The highest BCUT2D eigenvalue weighted by Gasteiger charge is 2.24. The molecule has 0 bridgehead atoms. The van der Waals surface area contributed by atoms with E-state index in [9.17, 15) is 4.79 Å². The van der Waals surface area contributed by atoms with Crippen LogP contribution in [0.4, 0.5) is 10.6 Å². The number of nitrogens with two attached hydrogens (primary N) is 1. The first-order chi connectivity index (χ1) is 16.1. The molecule has 1 fully saturated rings. The summed E-state index contributed by atoms with van der Waals surface area (Å²) in [6.07, 6.45) is 8.86. The van der Waals surface area contributed by atoms with Gasteiger partial charge in [0.1, 0.15) is 12.1 Å². The lowest BCUT2D eigenvalue weighted by Crippen LogP contribution is -2.38.